The smallest absolute Gasteiger partial charge is 0.256 e. The summed E-state index contributed by atoms with van der Waals surface area (Å²) in [6, 6.07) is 4.39. The van der Waals surface area contributed by atoms with E-state index >= 15 is 0 Å². The molecule has 1 saturated heterocycles. The van der Waals surface area contributed by atoms with Gasteiger partial charge in [-0.1, -0.05) is 19.4 Å². The molecule has 2 rings (SSSR count). The lowest BCUT2D eigenvalue weighted by molar-refractivity contribution is 0.0787. The number of hydrogen-bond donors (Lipinski definition) is 1. The molecule has 98 valence electrons. The maximum Gasteiger partial charge on any atom is 0.256 e. The van der Waals surface area contributed by atoms with Crippen molar-refractivity contribution in [3.63, 3.8) is 0 Å². The van der Waals surface area contributed by atoms with E-state index in [9.17, 15) is 9.18 Å². The molecule has 1 aliphatic rings. The zero-order valence-electron chi connectivity index (χ0n) is 10.7. The van der Waals surface area contributed by atoms with Crippen LogP contribution in [-0.2, 0) is 0 Å². The molecule has 1 atom stereocenters. The third kappa shape index (κ3) is 2.47. The van der Waals surface area contributed by atoms with Crippen LogP contribution in [0.25, 0.3) is 0 Å². The first-order valence-corrected chi connectivity index (χ1v) is 6.46. The summed E-state index contributed by atoms with van der Waals surface area (Å²) >= 11 is 0. The van der Waals surface area contributed by atoms with Crippen LogP contribution in [0, 0.1) is 11.7 Å². The monoisotopic (exact) mass is 250 g/mol. The predicted octanol–water partition coefficient (Wildman–Crippen LogP) is 2.67. The number of benzene rings is 1. The van der Waals surface area contributed by atoms with Gasteiger partial charge in [-0.25, -0.2) is 4.39 Å². The molecule has 1 aromatic carbocycles. The maximum absolute atomic E-state index is 13.3. The van der Waals surface area contributed by atoms with Crippen LogP contribution in [0.2, 0.25) is 0 Å². The molecule has 0 aliphatic carbocycles. The van der Waals surface area contributed by atoms with Crippen molar-refractivity contribution in [3.8, 4) is 0 Å². The Morgan fingerprint density at radius 3 is 3.06 bits per heavy atom. The molecule has 1 unspecified atom stereocenters. The summed E-state index contributed by atoms with van der Waals surface area (Å²) in [5.74, 6) is -0.0931. The van der Waals surface area contributed by atoms with Gasteiger partial charge in [0.25, 0.3) is 5.91 Å². The Kier molecular flexibility index (Phi) is 3.84. The van der Waals surface area contributed by atoms with Gasteiger partial charge in [-0.15, -0.1) is 0 Å². The first kappa shape index (κ1) is 12.9. The summed E-state index contributed by atoms with van der Waals surface area (Å²) in [5.41, 5.74) is 5.87. The fraction of sp³-hybridized carbons (Fsp3) is 0.500. The number of likely N-dealkylation sites (tertiary alicyclic amines) is 1. The molecule has 1 fully saturated rings. The largest absolute Gasteiger partial charge is 0.396 e. The molecule has 0 spiro atoms. The summed E-state index contributed by atoms with van der Waals surface area (Å²) in [5, 5.41) is 0. The van der Waals surface area contributed by atoms with Gasteiger partial charge in [0.2, 0.25) is 0 Å². The van der Waals surface area contributed by atoms with Crippen LogP contribution in [0.15, 0.2) is 18.2 Å². The van der Waals surface area contributed by atoms with Gasteiger partial charge >= 0.3 is 0 Å². The van der Waals surface area contributed by atoms with Crippen LogP contribution in [-0.4, -0.2) is 23.9 Å². The fourth-order valence-electron chi connectivity index (χ4n) is 2.55. The highest BCUT2D eigenvalue weighted by Crippen LogP contribution is 2.24. The first-order valence-electron chi connectivity index (χ1n) is 6.46. The number of halogens is 1. The minimum atomic E-state index is -0.523. The maximum atomic E-state index is 13.3. The van der Waals surface area contributed by atoms with Gasteiger partial charge in [0.1, 0.15) is 5.82 Å². The molecule has 1 heterocycles. The Hall–Kier alpha value is -1.58. The molecule has 1 amide bonds. The number of hydrogen-bond acceptors (Lipinski definition) is 2. The van der Waals surface area contributed by atoms with Crippen molar-refractivity contribution in [2.45, 2.75) is 26.2 Å². The molecule has 1 aliphatic heterocycles. The highest BCUT2D eigenvalue weighted by atomic mass is 19.1. The number of nitrogens with two attached hydrogens (primary N) is 1. The zero-order chi connectivity index (χ0) is 13.1. The van der Waals surface area contributed by atoms with Crippen LogP contribution in [0.5, 0.6) is 0 Å². The highest BCUT2D eigenvalue weighted by Gasteiger charge is 2.27. The molecule has 0 saturated carbocycles. The number of rotatable bonds is 3. The SMILES string of the molecule is CCCC1CCN(C(=O)c2cccc(F)c2N)C1. The van der Waals surface area contributed by atoms with Crippen LogP contribution in [0.4, 0.5) is 10.1 Å². The van der Waals surface area contributed by atoms with E-state index in [2.05, 4.69) is 6.92 Å². The highest BCUT2D eigenvalue weighted by molar-refractivity contribution is 5.99. The third-order valence-corrected chi connectivity index (χ3v) is 3.55. The van der Waals surface area contributed by atoms with Crippen molar-refractivity contribution in [1.82, 2.24) is 4.90 Å². The normalized spacial score (nSPS) is 19.2. The molecular formula is C14H19FN2O. The standard InChI is InChI=1S/C14H19FN2O/c1-2-4-10-7-8-17(9-10)14(18)11-5-3-6-12(15)13(11)16/h3,5-6,10H,2,4,7-9,16H2,1H3. The summed E-state index contributed by atoms with van der Waals surface area (Å²) < 4.78 is 13.3. The van der Waals surface area contributed by atoms with Gasteiger partial charge < -0.3 is 10.6 Å². The minimum absolute atomic E-state index is 0.0403. The van der Waals surface area contributed by atoms with E-state index in [0.29, 0.717) is 5.92 Å². The fourth-order valence-corrected chi connectivity index (χ4v) is 2.55. The van der Waals surface area contributed by atoms with Gasteiger partial charge in [-0.3, -0.25) is 4.79 Å². The summed E-state index contributed by atoms with van der Waals surface area (Å²) in [6.45, 7) is 3.66. The number of nitrogens with zero attached hydrogens (tertiary/aromatic N) is 1. The second kappa shape index (κ2) is 5.38. The van der Waals surface area contributed by atoms with Crippen molar-refractivity contribution in [2.24, 2.45) is 5.92 Å². The molecule has 0 aromatic heterocycles. The van der Waals surface area contributed by atoms with Gasteiger partial charge in [0.05, 0.1) is 11.3 Å². The Labute approximate surface area is 107 Å². The van der Waals surface area contributed by atoms with Gasteiger partial charge in [-0.2, -0.15) is 0 Å². The van der Waals surface area contributed by atoms with E-state index in [4.69, 9.17) is 5.73 Å². The number of nitrogen functional groups attached to an aromatic ring is 1. The average molecular weight is 250 g/mol. The Morgan fingerprint density at radius 1 is 1.56 bits per heavy atom. The number of carbonyl (C=O) groups excluding carboxylic acids is 1. The molecule has 1 aromatic rings. The van der Waals surface area contributed by atoms with E-state index in [-0.39, 0.29) is 17.2 Å². The molecule has 18 heavy (non-hydrogen) atoms. The third-order valence-electron chi connectivity index (χ3n) is 3.55. The Bertz CT molecular complexity index is 447. The quantitative estimate of drug-likeness (QED) is 0.838. The predicted molar refractivity (Wildman–Crippen MR) is 69.7 cm³/mol. The lowest BCUT2D eigenvalue weighted by Crippen LogP contribution is -2.29. The molecule has 2 N–H and O–H groups in total. The van der Waals surface area contributed by atoms with Crippen LogP contribution in [0.3, 0.4) is 0 Å². The number of carbonyl (C=O) groups is 1. The van der Waals surface area contributed by atoms with E-state index in [1.807, 2.05) is 0 Å². The number of para-hydroxylation sites is 1. The van der Waals surface area contributed by atoms with Crippen molar-refractivity contribution < 1.29 is 9.18 Å². The zero-order valence-corrected chi connectivity index (χ0v) is 10.7. The number of anilines is 1. The molecule has 0 radical (unpaired) electrons. The van der Waals surface area contributed by atoms with Crippen molar-refractivity contribution in [2.75, 3.05) is 18.8 Å². The van der Waals surface area contributed by atoms with Gasteiger partial charge in [0.15, 0.2) is 0 Å². The topological polar surface area (TPSA) is 46.3 Å². The van der Waals surface area contributed by atoms with Crippen molar-refractivity contribution in [1.29, 1.82) is 0 Å². The molecule has 4 heteroatoms. The lowest BCUT2D eigenvalue weighted by atomic mass is 10.0. The van der Waals surface area contributed by atoms with E-state index in [1.54, 1.807) is 11.0 Å². The first-order chi connectivity index (χ1) is 8.63. The molecule has 3 nitrogen and oxygen atoms in total. The number of amides is 1. The van der Waals surface area contributed by atoms with Gasteiger partial charge in [-0.05, 0) is 30.9 Å². The summed E-state index contributed by atoms with van der Waals surface area (Å²) in [4.78, 5) is 14.0. The second-order valence-electron chi connectivity index (χ2n) is 4.90. The Balaban J connectivity index is 2.11. The summed E-state index contributed by atoms with van der Waals surface area (Å²) in [6.07, 6.45) is 3.31. The van der Waals surface area contributed by atoms with Crippen LogP contribution in [0.1, 0.15) is 36.5 Å². The molecule has 0 bridgehead atoms. The minimum Gasteiger partial charge on any atom is -0.396 e. The van der Waals surface area contributed by atoms with E-state index < -0.39 is 5.82 Å². The van der Waals surface area contributed by atoms with E-state index in [1.165, 1.54) is 12.1 Å². The van der Waals surface area contributed by atoms with Crippen LogP contribution < -0.4 is 5.73 Å². The van der Waals surface area contributed by atoms with Crippen molar-refractivity contribution >= 4 is 11.6 Å². The van der Waals surface area contributed by atoms with Gasteiger partial charge in [0, 0.05) is 13.1 Å². The Morgan fingerprint density at radius 2 is 2.33 bits per heavy atom. The van der Waals surface area contributed by atoms with Crippen molar-refractivity contribution in [3.05, 3.63) is 29.6 Å². The average Bonchev–Trinajstić information content (AvgIpc) is 2.81. The van der Waals surface area contributed by atoms with Crippen LogP contribution >= 0.6 is 0 Å². The lowest BCUT2D eigenvalue weighted by Gasteiger charge is -2.17. The molecular weight excluding hydrogens is 231 g/mol. The summed E-state index contributed by atoms with van der Waals surface area (Å²) in [7, 11) is 0. The van der Waals surface area contributed by atoms with E-state index in [0.717, 1.165) is 32.4 Å². The second-order valence-corrected chi connectivity index (χ2v) is 4.90.